The average Bonchev–Trinajstić information content (AvgIpc) is 2.45. The number of ether oxygens (including phenoxy) is 1. The molecule has 1 N–H and O–H groups in total. The molecule has 0 aliphatic carbocycles. The fourth-order valence-electron chi connectivity index (χ4n) is 2.66. The van der Waals surface area contributed by atoms with E-state index in [2.05, 4.69) is 36.0 Å². The summed E-state index contributed by atoms with van der Waals surface area (Å²) in [5.41, 5.74) is 0. The highest BCUT2D eigenvalue weighted by molar-refractivity contribution is 5.76. The first-order chi connectivity index (χ1) is 9.62. The van der Waals surface area contributed by atoms with Gasteiger partial charge in [-0.1, -0.05) is 13.8 Å². The fraction of sp³-hybridized carbons (Fsp3) is 0.933. The Labute approximate surface area is 123 Å². The molecule has 5 heteroatoms. The number of carbonyl (C=O) groups excluding carboxylic acids is 1. The molecule has 5 nitrogen and oxygen atoms in total. The fourth-order valence-corrected chi connectivity index (χ4v) is 2.66. The van der Waals surface area contributed by atoms with E-state index in [4.69, 9.17) is 4.74 Å². The summed E-state index contributed by atoms with van der Waals surface area (Å²) in [7, 11) is 2.18. The molecule has 2 atom stereocenters. The van der Waals surface area contributed by atoms with Gasteiger partial charge in [-0.15, -0.1) is 0 Å². The third kappa shape index (κ3) is 5.38. The first-order valence-corrected chi connectivity index (χ1v) is 7.94. The Morgan fingerprint density at radius 3 is 2.70 bits per heavy atom. The first kappa shape index (κ1) is 17.4. The van der Waals surface area contributed by atoms with Crippen molar-refractivity contribution >= 4 is 5.97 Å². The molecule has 0 aromatic heterocycles. The van der Waals surface area contributed by atoms with Gasteiger partial charge in [-0.25, -0.2) is 0 Å². The number of likely N-dealkylation sites (N-methyl/N-ethyl adjacent to an activating group) is 1. The van der Waals surface area contributed by atoms with Crippen LogP contribution >= 0.6 is 0 Å². The highest BCUT2D eigenvalue weighted by Crippen LogP contribution is 2.11. The Kier molecular flexibility index (Phi) is 8.11. The van der Waals surface area contributed by atoms with E-state index in [-0.39, 0.29) is 12.0 Å². The summed E-state index contributed by atoms with van der Waals surface area (Å²) in [6, 6.07) is 0.397. The lowest BCUT2D eigenvalue weighted by atomic mass is 10.1. The largest absolute Gasteiger partial charge is 0.465 e. The van der Waals surface area contributed by atoms with Crippen LogP contribution in [0.1, 0.15) is 33.6 Å². The molecular weight excluding hydrogens is 254 g/mol. The maximum atomic E-state index is 12.0. The van der Waals surface area contributed by atoms with Crippen LogP contribution in [0.25, 0.3) is 0 Å². The van der Waals surface area contributed by atoms with E-state index < -0.39 is 0 Å². The quantitative estimate of drug-likeness (QED) is 0.673. The molecule has 0 bridgehead atoms. The van der Waals surface area contributed by atoms with Gasteiger partial charge in [0.2, 0.25) is 0 Å². The van der Waals surface area contributed by atoms with Crippen molar-refractivity contribution in [3.63, 3.8) is 0 Å². The van der Waals surface area contributed by atoms with Crippen LogP contribution in [0.3, 0.4) is 0 Å². The zero-order valence-corrected chi connectivity index (χ0v) is 13.5. The molecule has 0 aromatic carbocycles. The SMILES string of the molecule is CCCNC(CN1CCN(C)C(CC)C1)C(=O)OCC. The molecule has 0 amide bonds. The van der Waals surface area contributed by atoms with Crippen molar-refractivity contribution in [2.45, 2.75) is 45.7 Å². The molecule has 20 heavy (non-hydrogen) atoms. The number of piperazine rings is 1. The van der Waals surface area contributed by atoms with Crippen LogP contribution in [0.4, 0.5) is 0 Å². The molecule has 118 valence electrons. The van der Waals surface area contributed by atoms with E-state index in [9.17, 15) is 4.79 Å². The van der Waals surface area contributed by atoms with Crippen molar-refractivity contribution in [1.29, 1.82) is 0 Å². The monoisotopic (exact) mass is 285 g/mol. The second kappa shape index (κ2) is 9.32. The number of esters is 1. The standard InChI is InChI=1S/C15H31N3O2/c1-5-8-16-14(15(19)20-7-3)12-18-10-9-17(4)13(6-2)11-18/h13-14,16H,5-12H2,1-4H3. The minimum atomic E-state index is -0.198. The molecular formula is C15H31N3O2. The van der Waals surface area contributed by atoms with Gasteiger partial charge in [0.1, 0.15) is 6.04 Å². The Hall–Kier alpha value is -0.650. The van der Waals surface area contributed by atoms with Gasteiger partial charge in [0.15, 0.2) is 0 Å². The number of rotatable bonds is 8. The summed E-state index contributed by atoms with van der Waals surface area (Å²) < 4.78 is 5.18. The predicted octanol–water partition coefficient (Wildman–Crippen LogP) is 0.944. The third-order valence-corrected chi connectivity index (χ3v) is 3.99. The van der Waals surface area contributed by atoms with E-state index >= 15 is 0 Å². The van der Waals surface area contributed by atoms with Gasteiger partial charge < -0.3 is 15.0 Å². The molecule has 1 saturated heterocycles. The lowest BCUT2D eigenvalue weighted by Gasteiger charge is -2.40. The second-order valence-electron chi connectivity index (χ2n) is 5.56. The molecule has 0 saturated carbocycles. The number of carbonyl (C=O) groups is 1. The average molecular weight is 285 g/mol. The summed E-state index contributed by atoms with van der Waals surface area (Å²) in [6.07, 6.45) is 2.18. The molecule has 1 fully saturated rings. The van der Waals surface area contributed by atoms with Crippen LogP contribution < -0.4 is 5.32 Å². The van der Waals surface area contributed by atoms with Crippen molar-refractivity contribution in [3.8, 4) is 0 Å². The summed E-state index contributed by atoms with van der Waals surface area (Å²) >= 11 is 0. The Morgan fingerprint density at radius 1 is 1.35 bits per heavy atom. The van der Waals surface area contributed by atoms with Gasteiger partial charge in [0.05, 0.1) is 6.61 Å². The van der Waals surface area contributed by atoms with Gasteiger partial charge in [-0.05, 0) is 33.4 Å². The highest BCUT2D eigenvalue weighted by atomic mass is 16.5. The molecule has 0 aromatic rings. The summed E-state index contributed by atoms with van der Waals surface area (Å²) in [5.74, 6) is -0.118. The lowest BCUT2D eigenvalue weighted by Crippen LogP contribution is -2.55. The number of hydrogen-bond donors (Lipinski definition) is 1. The van der Waals surface area contributed by atoms with Gasteiger partial charge >= 0.3 is 5.97 Å². The van der Waals surface area contributed by atoms with Crippen molar-refractivity contribution in [1.82, 2.24) is 15.1 Å². The molecule has 1 heterocycles. The molecule has 1 aliphatic heterocycles. The minimum absolute atomic E-state index is 0.118. The number of nitrogens with one attached hydrogen (secondary N) is 1. The third-order valence-electron chi connectivity index (χ3n) is 3.99. The zero-order valence-electron chi connectivity index (χ0n) is 13.5. The molecule has 1 rings (SSSR count). The Balaban J connectivity index is 2.53. The highest BCUT2D eigenvalue weighted by Gasteiger charge is 2.27. The van der Waals surface area contributed by atoms with Crippen LogP contribution in [0.5, 0.6) is 0 Å². The Morgan fingerprint density at radius 2 is 2.10 bits per heavy atom. The van der Waals surface area contributed by atoms with Crippen molar-refractivity contribution < 1.29 is 9.53 Å². The lowest BCUT2D eigenvalue weighted by molar-refractivity contribution is -0.146. The molecule has 0 radical (unpaired) electrons. The maximum absolute atomic E-state index is 12.0. The van der Waals surface area contributed by atoms with Crippen LogP contribution in [0.15, 0.2) is 0 Å². The minimum Gasteiger partial charge on any atom is -0.465 e. The normalized spacial score (nSPS) is 22.7. The van der Waals surface area contributed by atoms with Crippen LogP contribution in [-0.4, -0.2) is 74.2 Å². The molecule has 2 unspecified atom stereocenters. The van der Waals surface area contributed by atoms with E-state index in [0.717, 1.165) is 45.6 Å². The molecule has 0 spiro atoms. The van der Waals surface area contributed by atoms with E-state index in [0.29, 0.717) is 12.6 Å². The smallest absolute Gasteiger partial charge is 0.324 e. The van der Waals surface area contributed by atoms with Gasteiger partial charge in [-0.2, -0.15) is 0 Å². The van der Waals surface area contributed by atoms with Crippen LogP contribution in [0.2, 0.25) is 0 Å². The summed E-state index contributed by atoms with van der Waals surface area (Å²) in [4.78, 5) is 16.8. The zero-order chi connectivity index (χ0) is 15.0. The van der Waals surface area contributed by atoms with E-state index in [1.165, 1.54) is 0 Å². The van der Waals surface area contributed by atoms with E-state index in [1.54, 1.807) is 0 Å². The van der Waals surface area contributed by atoms with Gasteiger partial charge in [0.25, 0.3) is 0 Å². The number of hydrogen-bond acceptors (Lipinski definition) is 5. The van der Waals surface area contributed by atoms with Gasteiger partial charge in [0, 0.05) is 32.2 Å². The predicted molar refractivity (Wildman–Crippen MR) is 81.9 cm³/mol. The molecule has 1 aliphatic rings. The van der Waals surface area contributed by atoms with Crippen LogP contribution in [0, 0.1) is 0 Å². The topological polar surface area (TPSA) is 44.8 Å². The number of nitrogens with zero attached hydrogens (tertiary/aromatic N) is 2. The maximum Gasteiger partial charge on any atom is 0.324 e. The second-order valence-corrected chi connectivity index (χ2v) is 5.56. The van der Waals surface area contributed by atoms with E-state index in [1.807, 2.05) is 6.92 Å². The van der Waals surface area contributed by atoms with Crippen molar-refractivity contribution in [3.05, 3.63) is 0 Å². The first-order valence-electron chi connectivity index (χ1n) is 7.94. The van der Waals surface area contributed by atoms with Crippen molar-refractivity contribution in [2.24, 2.45) is 0 Å². The van der Waals surface area contributed by atoms with Crippen molar-refractivity contribution in [2.75, 3.05) is 46.4 Å². The van der Waals surface area contributed by atoms with Crippen LogP contribution in [-0.2, 0) is 9.53 Å². The summed E-state index contributed by atoms with van der Waals surface area (Å²) in [5, 5.41) is 3.32. The van der Waals surface area contributed by atoms with Gasteiger partial charge in [-0.3, -0.25) is 9.69 Å². The Bertz CT molecular complexity index is 286. The summed E-state index contributed by atoms with van der Waals surface area (Å²) in [6.45, 7) is 11.4.